The summed E-state index contributed by atoms with van der Waals surface area (Å²) in [7, 11) is 0. The standard InChI is InChI=1S/C11H9NO3/c1-8(12(13)14)6-10-7-9-4-2-3-5-11(9)15-10/h2-7H,1H3/b8-6+. The first kappa shape index (κ1) is 9.45. The molecule has 0 atom stereocenters. The van der Waals surface area contributed by atoms with Gasteiger partial charge < -0.3 is 4.42 Å². The van der Waals surface area contributed by atoms with Crippen LogP contribution in [0.25, 0.3) is 17.0 Å². The van der Waals surface area contributed by atoms with E-state index in [-0.39, 0.29) is 5.70 Å². The average molecular weight is 203 g/mol. The fourth-order valence-corrected chi connectivity index (χ4v) is 1.33. The van der Waals surface area contributed by atoms with E-state index < -0.39 is 4.92 Å². The van der Waals surface area contributed by atoms with Crippen LogP contribution in [0, 0.1) is 10.1 Å². The van der Waals surface area contributed by atoms with Crippen molar-refractivity contribution in [3.63, 3.8) is 0 Å². The van der Waals surface area contributed by atoms with Crippen molar-refractivity contribution in [3.05, 3.63) is 51.9 Å². The van der Waals surface area contributed by atoms with Gasteiger partial charge in [0.05, 0.1) is 11.0 Å². The maximum absolute atomic E-state index is 10.4. The molecule has 0 aliphatic rings. The van der Waals surface area contributed by atoms with Crippen molar-refractivity contribution in [3.8, 4) is 0 Å². The van der Waals surface area contributed by atoms with Gasteiger partial charge in [-0.25, -0.2) is 0 Å². The molecule has 1 aromatic heterocycles. The third-order valence-electron chi connectivity index (χ3n) is 2.08. The Morgan fingerprint density at radius 3 is 2.87 bits per heavy atom. The summed E-state index contributed by atoms with van der Waals surface area (Å²) in [5, 5.41) is 11.4. The quantitative estimate of drug-likeness (QED) is 0.556. The fraction of sp³-hybridized carbons (Fsp3) is 0.0909. The highest BCUT2D eigenvalue weighted by atomic mass is 16.6. The monoisotopic (exact) mass is 203 g/mol. The molecule has 0 bridgehead atoms. The third kappa shape index (κ3) is 1.88. The number of para-hydroxylation sites is 1. The normalized spacial score (nSPS) is 11.9. The zero-order chi connectivity index (χ0) is 10.8. The first-order valence-electron chi connectivity index (χ1n) is 4.48. The second kappa shape index (κ2) is 3.57. The van der Waals surface area contributed by atoms with E-state index in [1.54, 1.807) is 6.07 Å². The lowest BCUT2D eigenvalue weighted by molar-refractivity contribution is -0.422. The van der Waals surface area contributed by atoms with Gasteiger partial charge in [0.2, 0.25) is 5.70 Å². The molecule has 0 N–H and O–H groups in total. The van der Waals surface area contributed by atoms with Crippen LogP contribution in [0.4, 0.5) is 0 Å². The number of nitro groups is 1. The molecular weight excluding hydrogens is 194 g/mol. The molecule has 0 unspecified atom stereocenters. The Labute approximate surface area is 86.0 Å². The molecule has 0 spiro atoms. The van der Waals surface area contributed by atoms with Crippen molar-refractivity contribution in [2.24, 2.45) is 0 Å². The molecule has 76 valence electrons. The molecule has 2 rings (SSSR count). The number of furan rings is 1. The number of benzene rings is 1. The summed E-state index contributed by atoms with van der Waals surface area (Å²) in [5.41, 5.74) is 0.800. The van der Waals surface area contributed by atoms with E-state index in [0.717, 1.165) is 11.0 Å². The summed E-state index contributed by atoms with van der Waals surface area (Å²) in [6.45, 7) is 1.44. The molecule has 0 fully saturated rings. The minimum atomic E-state index is -0.437. The summed E-state index contributed by atoms with van der Waals surface area (Å²) in [4.78, 5) is 9.98. The molecule has 0 saturated carbocycles. The maximum Gasteiger partial charge on any atom is 0.246 e. The lowest BCUT2D eigenvalue weighted by Gasteiger charge is -1.87. The number of rotatable bonds is 2. The van der Waals surface area contributed by atoms with Crippen LogP contribution in [0.15, 0.2) is 40.4 Å². The van der Waals surface area contributed by atoms with Crippen molar-refractivity contribution in [2.45, 2.75) is 6.92 Å². The van der Waals surface area contributed by atoms with Gasteiger partial charge in [-0.3, -0.25) is 10.1 Å². The summed E-state index contributed by atoms with van der Waals surface area (Å²) < 4.78 is 5.41. The first-order chi connectivity index (χ1) is 7.16. The van der Waals surface area contributed by atoms with Gasteiger partial charge in [0.1, 0.15) is 11.3 Å². The van der Waals surface area contributed by atoms with Crippen LogP contribution in [0.2, 0.25) is 0 Å². The van der Waals surface area contributed by atoms with Crippen LogP contribution < -0.4 is 0 Å². The second-order valence-corrected chi connectivity index (χ2v) is 3.23. The van der Waals surface area contributed by atoms with E-state index in [2.05, 4.69) is 0 Å². The Morgan fingerprint density at radius 1 is 1.47 bits per heavy atom. The van der Waals surface area contributed by atoms with E-state index in [1.807, 2.05) is 24.3 Å². The van der Waals surface area contributed by atoms with Crippen molar-refractivity contribution in [2.75, 3.05) is 0 Å². The molecule has 0 aliphatic carbocycles. The van der Waals surface area contributed by atoms with E-state index >= 15 is 0 Å². The number of nitrogens with zero attached hydrogens (tertiary/aromatic N) is 1. The van der Waals surface area contributed by atoms with Gasteiger partial charge in [0.15, 0.2) is 0 Å². The van der Waals surface area contributed by atoms with Gasteiger partial charge in [-0.15, -0.1) is 0 Å². The molecule has 2 aromatic rings. The lowest BCUT2D eigenvalue weighted by atomic mass is 10.2. The minimum Gasteiger partial charge on any atom is -0.456 e. The third-order valence-corrected chi connectivity index (χ3v) is 2.08. The van der Waals surface area contributed by atoms with E-state index in [9.17, 15) is 10.1 Å². The zero-order valence-electron chi connectivity index (χ0n) is 8.14. The largest absolute Gasteiger partial charge is 0.456 e. The Kier molecular flexibility index (Phi) is 2.25. The fourth-order valence-electron chi connectivity index (χ4n) is 1.33. The minimum absolute atomic E-state index is 0.0639. The van der Waals surface area contributed by atoms with Crippen molar-refractivity contribution in [1.29, 1.82) is 0 Å². The van der Waals surface area contributed by atoms with Crippen LogP contribution in [0.3, 0.4) is 0 Å². The number of hydrogen-bond donors (Lipinski definition) is 0. The van der Waals surface area contributed by atoms with Gasteiger partial charge in [-0.05, 0) is 12.1 Å². The highest BCUT2D eigenvalue weighted by molar-refractivity contribution is 5.79. The summed E-state index contributed by atoms with van der Waals surface area (Å²) in [5.74, 6) is 0.505. The molecule has 4 nitrogen and oxygen atoms in total. The Balaban J connectivity index is 2.46. The summed E-state index contributed by atoms with van der Waals surface area (Å²) >= 11 is 0. The lowest BCUT2D eigenvalue weighted by Crippen LogP contribution is -1.92. The van der Waals surface area contributed by atoms with Gasteiger partial charge in [0.25, 0.3) is 0 Å². The topological polar surface area (TPSA) is 56.3 Å². The van der Waals surface area contributed by atoms with Gasteiger partial charge in [0, 0.05) is 12.3 Å². The van der Waals surface area contributed by atoms with Gasteiger partial charge in [-0.1, -0.05) is 18.2 Å². The van der Waals surface area contributed by atoms with Crippen molar-refractivity contribution in [1.82, 2.24) is 0 Å². The van der Waals surface area contributed by atoms with Crippen molar-refractivity contribution < 1.29 is 9.34 Å². The predicted octanol–water partition coefficient (Wildman–Crippen LogP) is 3.07. The average Bonchev–Trinajstić information content (AvgIpc) is 2.59. The molecule has 15 heavy (non-hydrogen) atoms. The molecule has 4 heteroatoms. The van der Waals surface area contributed by atoms with Crippen molar-refractivity contribution >= 4 is 17.0 Å². The molecule has 0 aliphatic heterocycles. The highest BCUT2D eigenvalue weighted by Gasteiger charge is 2.05. The summed E-state index contributed by atoms with van der Waals surface area (Å²) in [6.07, 6.45) is 1.42. The van der Waals surface area contributed by atoms with Crippen LogP contribution in [0.1, 0.15) is 12.7 Å². The van der Waals surface area contributed by atoms with E-state index in [0.29, 0.717) is 5.76 Å². The smallest absolute Gasteiger partial charge is 0.246 e. The first-order valence-corrected chi connectivity index (χ1v) is 4.48. The van der Waals surface area contributed by atoms with Crippen LogP contribution >= 0.6 is 0 Å². The molecular formula is C11H9NO3. The predicted molar refractivity (Wildman–Crippen MR) is 56.9 cm³/mol. The van der Waals surface area contributed by atoms with Crippen LogP contribution in [0.5, 0.6) is 0 Å². The Morgan fingerprint density at radius 2 is 2.20 bits per heavy atom. The molecule has 0 saturated heterocycles. The molecule has 0 amide bonds. The summed E-state index contributed by atoms with van der Waals surface area (Å²) in [6, 6.07) is 9.26. The van der Waals surface area contributed by atoms with Gasteiger partial charge in [-0.2, -0.15) is 0 Å². The Bertz CT molecular complexity index is 507. The molecule has 1 heterocycles. The SMILES string of the molecule is C/C(=C\c1cc2ccccc2o1)[N+](=O)[O-]. The van der Waals surface area contributed by atoms with Crippen LogP contribution in [-0.2, 0) is 0 Å². The molecule has 0 radical (unpaired) electrons. The van der Waals surface area contributed by atoms with E-state index in [1.165, 1.54) is 13.0 Å². The number of hydrogen-bond acceptors (Lipinski definition) is 3. The zero-order valence-corrected chi connectivity index (χ0v) is 8.14. The second-order valence-electron chi connectivity index (χ2n) is 3.23. The number of fused-ring (bicyclic) bond motifs is 1. The highest BCUT2D eigenvalue weighted by Crippen LogP contribution is 2.20. The maximum atomic E-state index is 10.4. The van der Waals surface area contributed by atoms with E-state index in [4.69, 9.17) is 4.42 Å². The van der Waals surface area contributed by atoms with Gasteiger partial charge >= 0.3 is 0 Å². The Hall–Kier alpha value is -2.10. The molecule has 1 aromatic carbocycles. The number of allylic oxidation sites excluding steroid dienone is 1. The van der Waals surface area contributed by atoms with Crippen LogP contribution in [-0.4, -0.2) is 4.92 Å².